The number of hydrogen-bond acceptors (Lipinski definition) is 2. The number of hydrazine groups is 1. The second-order valence-corrected chi connectivity index (χ2v) is 3.82. The van der Waals surface area contributed by atoms with Gasteiger partial charge in [0, 0.05) is 12.1 Å². The van der Waals surface area contributed by atoms with E-state index in [1.165, 1.54) is 19.3 Å². The predicted molar refractivity (Wildman–Crippen MR) is 59.4 cm³/mol. The van der Waals surface area contributed by atoms with E-state index in [9.17, 15) is 0 Å². The molecule has 0 rings (SSSR count). The molecule has 0 radical (unpaired) electrons. The zero-order valence-electron chi connectivity index (χ0n) is 9.77. The molecule has 13 heavy (non-hydrogen) atoms. The lowest BCUT2D eigenvalue weighted by molar-refractivity contribution is 0.0724. The lowest BCUT2D eigenvalue weighted by Crippen LogP contribution is -2.52. The van der Waals surface area contributed by atoms with E-state index >= 15 is 0 Å². The molecule has 0 aliphatic carbocycles. The fourth-order valence-corrected chi connectivity index (χ4v) is 1.99. The SMILES string of the molecule is CCCCC(CC)(CC)N(N)CC. The molecule has 0 spiro atoms. The first kappa shape index (κ1) is 12.9. The van der Waals surface area contributed by atoms with Gasteiger partial charge in [-0.05, 0) is 19.3 Å². The normalized spacial score (nSPS) is 12.5. The number of hydrogen-bond donors (Lipinski definition) is 1. The van der Waals surface area contributed by atoms with Gasteiger partial charge in [-0.15, -0.1) is 0 Å². The van der Waals surface area contributed by atoms with Crippen LogP contribution in [0.25, 0.3) is 0 Å². The van der Waals surface area contributed by atoms with Crippen molar-refractivity contribution in [2.75, 3.05) is 6.54 Å². The van der Waals surface area contributed by atoms with E-state index in [0.717, 1.165) is 19.4 Å². The van der Waals surface area contributed by atoms with Gasteiger partial charge in [0.05, 0.1) is 0 Å². The first-order chi connectivity index (χ1) is 6.16. The van der Waals surface area contributed by atoms with Crippen molar-refractivity contribution in [3.8, 4) is 0 Å². The van der Waals surface area contributed by atoms with Crippen LogP contribution in [-0.2, 0) is 0 Å². The molecule has 0 fully saturated rings. The Balaban J connectivity index is 4.29. The summed E-state index contributed by atoms with van der Waals surface area (Å²) >= 11 is 0. The Bertz CT molecular complexity index is 119. The second kappa shape index (κ2) is 6.39. The Morgan fingerprint density at radius 3 is 1.92 bits per heavy atom. The molecule has 80 valence electrons. The third kappa shape index (κ3) is 3.28. The van der Waals surface area contributed by atoms with Gasteiger partial charge in [-0.3, -0.25) is 5.84 Å². The zero-order valence-corrected chi connectivity index (χ0v) is 9.77. The molecule has 0 atom stereocenters. The van der Waals surface area contributed by atoms with Crippen molar-refractivity contribution in [1.29, 1.82) is 0 Å². The summed E-state index contributed by atoms with van der Waals surface area (Å²) in [6.45, 7) is 9.81. The summed E-state index contributed by atoms with van der Waals surface area (Å²) < 4.78 is 0. The molecule has 0 aromatic rings. The molecule has 2 nitrogen and oxygen atoms in total. The van der Waals surface area contributed by atoms with Crippen LogP contribution in [0.15, 0.2) is 0 Å². The summed E-state index contributed by atoms with van der Waals surface area (Å²) in [5.74, 6) is 6.05. The van der Waals surface area contributed by atoms with Crippen LogP contribution in [0, 0.1) is 0 Å². The summed E-state index contributed by atoms with van der Waals surface area (Å²) in [6.07, 6.45) is 6.11. The number of rotatable bonds is 7. The summed E-state index contributed by atoms with van der Waals surface area (Å²) in [4.78, 5) is 0. The lowest BCUT2D eigenvalue weighted by Gasteiger charge is -2.40. The van der Waals surface area contributed by atoms with Crippen molar-refractivity contribution in [1.82, 2.24) is 5.01 Å². The zero-order chi connectivity index (χ0) is 10.3. The molecule has 0 aliphatic rings. The lowest BCUT2D eigenvalue weighted by atomic mass is 9.86. The van der Waals surface area contributed by atoms with Gasteiger partial charge in [-0.2, -0.15) is 0 Å². The van der Waals surface area contributed by atoms with Crippen LogP contribution in [0.5, 0.6) is 0 Å². The van der Waals surface area contributed by atoms with Crippen molar-refractivity contribution < 1.29 is 0 Å². The smallest absolute Gasteiger partial charge is 0.0346 e. The van der Waals surface area contributed by atoms with Crippen LogP contribution in [0.3, 0.4) is 0 Å². The van der Waals surface area contributed by atoms with Crippen molar-refractivity contribution in [2.24, 2.45) is 5.84 Å². The first-order valence-corrected chi connectivity index (χ1v) is 5.69. The Morgan fingerprint density at radius 1 is 1.08 bits per heavy atom. The maximum absolute atomic E-state index is 6.05. The minimum Gasteiger partial charge on any atom is -0.268 e. The van der Waals surface area contributed by atoms with Crippen molar-refractivity contribution in [3.63, 3.8) is 0 Å². The molecule has 0 aromatic heterocycles. The highest BCUT2D eigenvalue weighted by Crippen LogP contribution is 2.27. The number of nitrogens with two attached hydrogens (primary N) is 1. The van der Waals surface area contributed by atoms with E-state index in [2.05, 4.69) is 27.7 Å². The molecule has 2 heteroatoms. The maximum atomic E-state index is 6.05. The topological polar surface area (TPSA) is 29.3 Å². The van der Waals surface area contributed by atoms with Gasteiger partial charge < -0.3 is 0 Å². The van der Waals surface area contributed by atoms with Gasteiger partial charge in [0.25, 0.3) is 0 Å². The standard InChI is InChI=1S/C11H26N2/c1-5-9-10-11(6-2,7-3)13(12)8-4/h5-10,12H2,1-4H3. The molecule has 2 N–H and O–H groups in total. The Labute approximate surface area is 83.5 Å². The molecule has 0 amide bonds. The van der Waals surface area contributed by atoms with Crippen LogP contribution >= 0.6 is 0 Å². The average molecular weight is 186 g/mol. The number of nitrogens with zero attached hydrogens (tertiary/aromatic N) is 1. The van der Waals surface area contributed by atoms with Crippen molar-refractivity contribution >= 4 is 0 Å². The highest BCUT2D eigenvalue weighted by Gasteiger charge is 2.29. The van der Waals surface area contributed by atoms with Gasteiger partial charge in [0.2, 0.25) is 0 Å². The van der Waals surface area contributed by atoms with Crippen LogP contribution in [0.4, 0.5) is 0 Å². The van der Waals surface area contributed by atoms with Gasteiger partial charge in [-0.1, -0.05) is 40.5 Å². The minimum absolute atomic E-state index is 0.255. The van der Waals surface area contributed by atoms with Gasteiger partial charge >= 0.3 is 0 Å². The summed E-state index contributed by atoms with van der Waals surface area (Å²) in [7, 11) is 0. The quantitative estimate of drug-likeness (QED) is 0.489. The average Bonchev–Trinajstić information content (AvgIpc) is 2.19. The van der Waals surface area contributed by atoms with Gasteiger partial charge in [-0.25, -0.2) is 5.01 Å². The van der Waals surface area contributed by atoms with Crippen LogP contribution in [0.1, 0.15) is 59.8 Å². The van der Waals surface area contributed by atoms with E-state index in [0.29, 0.717) is 0 Å². The molecule has 0 aromatic carbocycles. The molecule has 0 heterocycles. The summed E-state index contributed by atoms with van der Waals surface area (Å²) in [5, 5.41) is 2.03. The Kier molecular flexibility index (Phi) is 6.35. The van der Waals surface area contributed by atoms with E-state index in [1.807, 2.05) is 5.01 Å². The molecule has 0 unspecified atom stereocenters. The van der Waals surface area contributed by atoms with Gasteiger partial charge in [0.1, 0.15) is 0 Å². The monoisotopic (exact) mass is 186 g/mol. The van der Waals surface area contributed by atoms with Crippen molar-refractivity contribution in [2.45, 2.75) is 65.3 Å². The van der Waals surface area contributed by atoms with E-state index < -0.39 is 0 Å². The first-order valence-electron chi connectivity index (χ1n) is 5.69. The fraction of sp³-hybridized carbons (Fsp3) is 1.00. The van der Waals surface area contributed by atoms with E-state index in [1.54, 1.807) is 0 Å². The summed E-state index contributed by atoms with van der Waals surface area (Å²) in [5.41, 5.74) is 0.255. The number of unbranched alkanes of at least 4 members (excludes halogenated alkanes) is 1. The van der Waals surface area contributed by atoms with Crippen LogP contribution < -0.4 is 5.84 Å². The van der Waals surface area contributed by atoms with E-state index in [4.69, 9.17) is 5.84 Å². The van der Waals surface area contributed by atoms with Crippen molar-refractivity contribution in [3.05, 3.63) is 0 Å². The third-order valence-corrected chi connectivity index (χ3v) is 3.26. The highest BCUT2D eigenvalue weighted by atomic mass is 15.4. The fourth-order valence-electron chi connectivity index (χ4n) is 1.99. The molecular weight excluding hydrogens is 160 g/mol. The van der Waals surface area contributed by atoms with E-state index in [-0.39, 0.29) is 5.54 Å². The third-order valence-electron chi connectivity index (χ3n) is 3.26. The second-order valence-electron chi connectivity index (χ2n) is 3.82. The van der Waals surface area contributed by atoms with Gasteiger partial charge in [0.15, 0.2) is 0 Å². The maximum Gasteiger partial charge on any atom is 0.0346 e. The molecule has 0 aliphatic heterocycles. The minimum atomic E-state index is 0.255. The molecular formula is C11H26N2. The molecule has 0 bridgehead atoms. The van der Waals surface area contributed by atoms with Crippen LogP contribution in [-0.4, -0.2) is 17.1 Å². The molecule has 0 saturated heterocycles. The summed E-state index contributed by atoms with van der Waals surface area (Å²) in [6, 6.07) is 0. The Morgan fingerprint density at radius 2 is 1.62 bits per heavy atom. The largest absolute Gasteiger partial charge is 0.268 e. The Hall–Kier alpha value is -0.0800. The highest BCUT2D eigenvalue weighted by molar-refractivity contribution is 4.84. The van der Waals surface area contributed by atoms with Crippen LogP contribution in [0.2, 0.25) is 0 Å². The predicted octanol–water partition coefficient (Wildman–Crippen LogP) is 2.93. The molecule has 0 saturated carbocycles.